The zero-order chi connectivity index (χ0) is 12.3. The highest BCUT2D eigenvalue weighted by molar-refractivity contribution is 7.89. The molecule has 1 heterocycles. The normalized spacial score (nSPS) is 17.6. The zero-order valence-electron chi connectivity index (χ0n) is 9.46. The van der Waals surface area contributed by atoms with Crippen LogP contribution < -0.4 is 0 Å². The topological polar surface area (TPSA) is 61.2 Å². The van der Waals surface area contributed by atoms with Crippen LogP contribution in [0.5, 0.6) is 0 Å². The van der Waals surface area contributed by atoms with Crippen LogP contribution in [0, 0.1) is 11.3 Å². The van der Waals surface area contributed by atoms with E-state index in [2.05, 4.69) is 0 Å². The third kappa shape index (κ3) is 2.48. The van der Waals surface area contributed by atoms with Gasteiger partial charge >= 0.3 is 0 Å². The first kappa shape index (κ1) is 12.1. The molecule has 0 bridgehead atoms. The number of sulfonamides is 1. The fourth-order valence-electron chi connectivity index (χ4n) is 1.96. The number of benzene rings is 1. The largest absolute Gasteiger partial charge is 0.243 e. The van der Waals surface area contributed by atoms with Crippen molar-refractivity contribution in [2.75, 3.05) is 13.1 Å². The molecule has 1 aliphatic rings. The van der Waals surface area contributed by atoms with Gasteiger partial charge in [0.15, 0.2) is 0 Å². The number of nitrogens with zero attached hydrogens (tertiary/aromatic N) is 2. The molecule has 0 atom stereocenters. The third-order valence-corrected chi connectivity index (χ3v) is 4.85. The standard InChI is InChI=1S/C12H14N2O2S/c13-10-11-4-6-12(7-5-11)17(15,16)14-8-2-1-3-9-14/h4-7H,1-3,8-9H2. The molecule has 1 aliphatic heterocycles. The summed E-state index contributed by atoms with van der Waals surface area (Å²) in [6, 6.07) is 8.06. The molecule has 0 aromatic heterocycles. The minimum atomic E-state index is -3.36. The van der Waals surface area contributed by atoms with Crippen molar-refractivity contribution in [3.05, 3.63) is 29.8 Å². The van der Waals surface area contributed by atoms with Gasteiger partial charge in [-0.1, -0.05) is 6.42 Å². The first-order valence-corrected chi connectivity index (χ1v) is 7.09. The molecule has 5 heteroatoms. The Bertz CT molecular complexity index is 523. The van der Waals surface area contributed by atoms with E-state index in [1.807, 2.05) is 6.07 Å². The monoisotopic (exact) mass is 250 g/mol. The third-order valence-electron chi connectivity index (χ3n) is 2.94. The fraction of sp³-hybridized carbons (Fsp3) is 0.417. The second-order valence-corrected chi connectivity index (χ2v) is 6.04. The summed E-state index contributed by atoms with van der Waals surface area (Å²) in [5, 5.41) is 8.67. The van der Waals surface area contributed by atoms with Gasteiger partial charge in [-0.3, -0.25) is 0 Å². The van der Waals surface area contributed by atoms with E-state index < -0.39 is 10.0 Å². The molecule has 4 nitrogen and oxygen atoms in total. The van der Waals surface area contributed by atoms with Crippen LogP contribution in [0.15, 0.2) is 29.2 Å². The Hall–Kier alpha value is -1.38. The van der Waals surface area contributed by atoms with E-state index in [0.29, 0.717) is 18.7 Å². The SMILES string of the molecule is N#Cc1ccc(S(=O)(=O)N2CCCCC2)cc1. The van der Waals surface area contributed by atoms with E-state index >= 15 is 0 Å². The first-order valence-electron chi connectivity index (χ1n) is 5.65. The highest BCUT2D eigenvalue weighted by Crippen LogP contribution is 2.20. The van der Waals surface area contributed by atoms with Crippen molar-refractivity contribution in [2.24, 2.45) is 0 Å². The van der Waals surface area contributed by atoms with E-state index in [0.717, 1.165) is 19.3 Å². The zero-order valence-corrected chi connectivity index (χ0v) is 10.3. The first-order chi connectivity index (χ1) is 8.14. The quantitative estimate of drug-likeness (QED) is 0.803. The van der Waals surface area contributed by atoms with Crippen molar-refractivity contribution in [3.63, 3.8) is 0 Å². The lowest BCUT2D eigenvalue weighted by atomic mass is 10.2. The van der Waals surface area contributed by atoms with Crippen LogP contribution >= 0.6 is 0 Å². The summed E-state index contributed by atoms with van der Waals surface area (Å²) >= 11 is 0. The Balaban J connectivity index is 2.27. The van der Waals surface area contributed by atoms with Crippen LogP contribution in [0.1, 0.15) is 24.8 Å². The van der Waals surface area contributed by atoms with Gasteiger partial charge < -0.3 is 0 Å². The van der Waals surface area contributed by atoms with Gasteiger partial charge in [-0.05, 0) is 37.1 Å². The van der Waals surface area contributed by atoms with Crippen molar-refractivity contribution >= 4 is 10.0 Å². The predicted octanol–water partition coefficient (Wildman–Crippen LogP) is 1.73. The maximum atomic E-state index is 12.2. The van der Waals surface area contributed by atoms with Gasteiger partial charge in [0, 0.05) is 13.1 Å². The predicted molar refractivity (Wildman–Crippen MR) is 63.8 cm³/mol. The molecule has 0 radical (unpaired) electrons. The molecule has 1 aromatic carbocycles. The minimum Gasteiger partial charge on any atom is -0.207 e. The van der Waals surface area contributed by atoms with Gasteiger partial charge in [0.25, 0.3) is 0 Å². The molecule has 0 unspecified atom stereocenters. The Kier molecular flexibility index (Phi) is 3.46. The van der Waals surface area contributed by atoms with Crippen LogP contribution in [0.3, 0.4) is 0 Å². The average Bonchev–Trinajstić information content (AvgIpc) is 2.40. The van der Waals surface area contributed by atoms with E-state index in [4.69, 9.17) is 5.26 Å². The van der Waals surface area contributed by atoms with E-state index in [-0.39, 0.29) is 4.90 Å². The van der Waals surface area contributed by atoms with Gasteiger partial charge in [0.1, 0.15) is 0 Å². The molecule has 1 fully saturated rings. The molecule has 1 aromatic rings. The highest BCUT2D eigenvalue weighted by atomic mass is 32.2. The fourth-order valence-corrected chi connectivity index (χ4v) is 3.47. The van der Waals surface area contributed by atoms with Crippen molar-refractivity contribution in [1.82, 2.24) is 4.31 Å². The van der Waals surface area contributed by atoms with E-state index in [9.17, 15) is 8.42 Å². The summed E-state index contributed by atoms with van der Waals surface area (Å²) in [6.07, 6.45) is 2.95. The summed E-state index contributed by atoms with van der Waals surface area (Å²) in [6.45, 7) is 1.20. The molecule has 90 valence electrons. The van der Waals surface area contributed by atoms with Gasteiger partial charge in [0.2, 0.25) is 10.0 Å². The van der Waals surface area contributed by atoms with Crippen LogP contribution in [0.4, 0.5) is 0 Å². The summed E-state index contributed by atoms with van der Waals surface area (Å²) in [7, 11) is -3.36. The summed E-state index contributed by atoms with van der Waals surface area (Å²) in [5.74, 6) is 0. The van der Waals surface area contributed by atoms with Crippen LogP contribution in [-0.4, -0.2) is 25.8 Å². The smallest absolute Gasteiger partial charge is 0.207 e. The number of hydrogen-bond donors (Lipinski definition) is 0. The minimum absolute atomic E-state index is 0.276. The Morgan fingerprint density at radius 2 is 1.65 bits per heavy atom. The molecule has 2 rings (SSSR count). The molecular formula is C12H14N2O2S. The Morgan fingerprint density at radius 1 is 1.06 bits per heavy atom. The van der Waals surface area contributed by atoms with Crippen LogP contribution in [-0.2, 0) is 10.0 Å². The summed E-state index contributed by atoms with van der Waals surface area (Å²) in [4.78, 5) is 0.276. The molecule has 17 heavy (non-hydrogen) atoms. The molecular weight excluding hydrogens is 236 g/mol. The molecule has 0 N–H and O–H groups in total. The number of piperidine rings is 1. The van der Waals surface area contributed by atoms with Gasteiger partial charge in [0.05, 0.1) is 16.5 Å². The lowest BCUT2D eigenvalue weighted by molar-refractivity contribution is 0.346. The van der Waals surface area contributed by atoms with Crippen molar-refractivity contribution in [2.45, 2.75) is 24.2 Å². The second kappa shape index (κ2) is 4.86. The molecule has 0 aliphatic carbocycles. The van der Waals surface area contributed by atoms with Gasteiger partial charge in [-0.25, -0.2) is 8.42 Å². The highest BCUT2D eigenvalue weighted by Gasteiger charge is 2.25. The van der Waals surface area contributed by atoms with Crippen molar-refractivity contribution in [3.8, 4) is 6.07 Å². The summed E-state index contributed by atoms with van der Waals surface area (Å²) < 4.78 is 26.0. The van der Waals surface area contributed by atoms with Crippen molar-refractivity contribution < 1.29 is 8.42 Å². The maximum absolute atomic E-state index is 12.2. The maximum Gasteiger partial charge on any atom is 0.243 e. The van der Waals surface area contributed by atoms with Crippen LogP contribution in [0.2, 0.25) is 0 Å². The Morgan fingerprint density at radius 3 is 2.18 bits per heavy atom. The molecule has 0 amide bonds. The molecule has 0 spiro atoms. The number of rotatable bonds is 2. The molecule has 0 saturated carbocycles. The lowest BCUT2D eigenvalue weighted by Gasteiger charge is -2.25. The van der Waals surface area contributed by atoms with E-state index in [1.165, 1.54) is 28.6 Å². The molecule has 1 saturated heterocycles. The van der Waals surface area contributed by atoms with Gasteiger partial charge in [-0.15, -0.1) is 0 Å². The number of hydrogen-bond acceptors (Lipinski definition) is 3. The van der Waals surface area contributed by atoms with E-state index in [1.54, 1.807) is 0 Å². The van der Waals surface area contributed by atoms with Crippen LogP contribution in [0.25, 0.3) is 0 Å². The Labute approximate surface area is 102 Å². The lowest BCUT2D eigenvalue weighted by Crippen LogP contribution is -2.35. The van der Waals surface area contributed by atoms with Gasteiger partial charge in [-0.2, -0.15) is 9.57 Å². The average molecular weight is 250 g/mol. The number of nitriles is 1. The second-order valence-electron chi connectivity index (χ2n) is 4.10. The van der Waals surface area contributed by atoms with Crippen molar-refractivity contribution in [1.29, 1.82) is 5.26 Å². The summed E-state index contributed by atoms with van der Waals surface area (Å²) in [5.41, 5.74) is 0.475.